The molecule has 1 aliphatic rings. The summed E-state index contributed by atoms with van der Waals surface area (Å²) in [5.74, 6) is 0.233. The Morgan fingerprint density at radius 1 is 1.38 bits per heavy atom. The van der Waals surface area contributed by atoms with E-state index in [-0.39, 0.29) is 22.8 Å². The monoisotopic (exact) mass is 364 g/mol. The van der Waals surface area contributed by atoms with Gasteiger partial charge in [-0.25, -0.2) is 9.97 Å². The Morgan fingerprint density at radius 2 is 2.12 bits per heavy atom. The van der Waals surface area contributed by atoms with Crippen LogP contribution in [-0.4, -0.2) is 26.2 Å². The van der Waals surface area contributed by atoms with Crippen molar-refractivity contribution < 1.29 is 4.79 Å². The fraction of sp³-hybridized carbons (Fsp3) is 0.500. The molecule has 0 bridgehead atoms. The van der Waals surface area contributed by atoms with E-state index in [4.69, 9.17) is 0 Å². The van der Waals surface area contributed by atoms with Crippen molar-refractivity contribution >= 4 is 34.1 Å². The zero-order chi connectivity index (χ0) is 17.5. The number of carbonyl (C=O) groups excluding carboxylic acids is 1. The van der Waals surface area contributed by atoms with E-state index in [1.165, 1.54) is 23.1 Å². The van der Waals surface area contributed by atoms with Crippen molar-refractivity contribution in [2.45, 2.75) is 44.8 Å². The quantitative estimate of drug-likeness (QED) is 0.829. The highest BCUT2D eigenvalue weighted by Gasteiger charge is 2.29. The zero-order valence-electron chi connectivity index (χ0n) is 14.1. The minimum Gasteiger partial charge on any atom is -0.302 e. The summed E-state index contributed by atoms with van der Waals surface area (Å²) in [5.41, 5.74) is 1.40. The van der Waals surface area contributed by atoms with E-state index in [0.29, 0.717) is 22.6 Å². The summed E-state index contributed by atoms with van der Waals surface area (Å²) >= 11 is 2.86. The van der Waals surface area contributed by atoms with Gasteiger partial charge in [0.15, 0.2) is 10.3 Å². The number of carbonyl (C=O) groups is 1. The Bertz CT molecular complexity index is 835. The lowest BCUT2D eigenvalue weighted by Gasteiger charge is -2.26. The van der Waals surface area contributed by atoms with Crippen molar-refractivity contribution in [3.63, 3.8) is 0 Å². The van der Waals surface area contributed by atoms with Crippen LogP contribution in [0.3, 0.4) is 0 Å². The molecular weight excluding hydrogens is 344 g/mol. The fourth-order valence-corrected chi connectivity index (χ4v) is 4.15. The number of nitrogens with zero attached hydrogens (tertiary/aromatic N) is 3. The number of thioether (sulfide) groups is 1. The molecule has 0 spiro atoms. The third-order valence-electron chi connectivity index (χ3n) is 3.78. The number of hydrogen-bond donors (Lipinski definition) is 1. The van der Waals surface area contributed by atoms with Gasteiger partial charge in [-0.1, -0.05) is 32.5 Å². The predicted octanol–water partition coefficient (Wildman–Crippen LogP) is 2.67. The first kappa shape index (κ1) is 17.2. The van der Waals surface area contributed by atoms with Gasteiger partial charge in [-0.3, -0.25) is 14.2 Å². The molecule has 0 radical (unpaired) electrons. The van der Waals surface area contributed by atoms with E-state index in [1.807, 2.05) is 33.1 Å². The Morgan fingerprint density at radius 3 is 2.75 bits per heavy atom. The average Bonchev–Trinajstić information content (AvgIpc) is 2.91. The summed E-state index contributed by atoms with van der Waals surface area (Å²) in [4.78, 5) is 33.7. The molecule has 3 heterocycles. The molecule has 1 atom stereocenters. The number of aryl methyl sites for hydroxylation is 1. The summed E-state index contributed by atoms with van der Waals surface area (Å²) < 4.78 is 1.60. The molecule has 0 fully saturated rings. The Labute approximate surface area is 148 Å². The van der Waals surface area contributed by atoms with E-state index in [2.05, 4.69) is 15.3 Å². The number of hydrogen-bond acceptors (Lipinski definition) is 6. The van der Waals surface area contributed by atoms with Crippen LogP contribution in [0, 0.1) is 12.8 Å². The molecule has 24 heavy (non-hydrogen) atoms. The molecule has 1 aliphatic heterocycles. The molecular formula is C16H20N4O2S2. The van der Waals surface area contributed by atoms with E-state index < -0.39 is 0 Å². The van der Waals surface area contributed by atoms with Crippen molar-refractivity contribution in [3.05, 3.63) is 33.2 Å². The SMILES string of the molecule is Cc1csc(NC(=O)C2CSc3nc(C(C)(C)C)cc(=O)n3C2)n1. The van der Waals surface area contributed by atoms with Crippen LogP contribution in [0.15, 0.2) is 21.4 Å². The van der Waals surface area contributed by atoms with Gasteiger partial charge in [-0.05, 0) is 6.92 Å². The van der Waals surface area contributed by atoms with Crippen LogP contribution in [-0.2, 0) is 16.8 Å². The maximum atomic E-state index is 12.4. The molecule has 0 aromatic carbocycles. The molecule has 3 rings (SSSR count). The second kappa shape index (κ2) is 6.33. The standard InChI is InChI=1S/C16H20N4O2S2/c1-9-7-23-14(17-9)19-13(22)10-6-20-12(21)5-11(16(2,3)4)18-15(20)24-8-10/h5,7,10H,6,8H2,1-4H3,(H,17,19,22). The highest BCUT2D eigenvalue weighted by Crippen LogP contribution is 2.28. The van der Waals surface area contributed by atoms with Gasteiger partial charge in [0.1, 0.15) is 0 Å². The Hall–Kier alpha value is -1.67. The topological polar surface area (TPSA) is 76.9 Å². The van der Waals surface area contributed by atoms with Crippen LogP contribution in [0.25, 0.3) is 0 Å². The molecule has 2 aromatic rings. The lowest BCUT2D eigenvalue weighted by atomic mass is 9.92. The molecule has 2 aromatic heterocycles. The molecule has 0 saturated carbocycles. The van der Waals surface area contributed by atoms with Crippen molar-refractivity contribution in [1.29, 1.82) is 0 Å². The summed E-state index contributed by atoms with van der Waals surface area (Å²) in [5, 5.41) is 6.02. The molecule has 0 aliphatic carbocycles. The Balaban J connectivity index is 1.79. The van der Waals surface area contributed by atoms with Crippen LogP contribution in [0.5, 0.6) is 0 Å². The number of anilines is 1. The summed E-state index contributed by atoms with van der Waals surface area (Å²) in [7, 11) is 0. The zero-order valence-corrected chi connectivity index (χ0v) is 15.8. The van der Waals surface area contributed by atoms with E-state index in [9.17, 15) is 9.59 Å². The Kier molecular flexibility index (Phi) is 4.52. The van der Waals surface area contributed by atoms with Crippen LogP contribution in [0.2, 0.25) is 0 Å². The summed E-state index contributed by atoms with van der Waals surface area (Å²) in [6.45, 7) is 8.34. The first-order valence-electron chi connectivity index (χ1n) is 7.72. The molecule has 128 valence electrons. The number of amides is 1. The second-order valence-electron chi connectivity index (χ2n) is 6.91. The van der Waals surface area contributed by atoms with Crippen molar-refractivity contribution in [2.75, 3.05) is 11.1 Å². The lowest BCUT2D eigenvalue weighted by molar-refractivity contribution is -0.119. The molecule has 1 N–H and O–H groups in total. The minimum absolute atomic E-state index is 0.0972. The smallest absolute Gasteiger partial charge is 0.254 e. The maximum absolute atomic E-state index is 12.4. The van der Waals surface area contributed by atoms with Gasteiger partial charge in [0, 0.05) is 29.2 Å². The van der Waals surface area contributed by atoms with Gasteiger partial charge in [-0.2, -0.15) is 0 Å². The molecule has 8 heteroatoms. The summed E-state index contributed by atoms with van der Waals surface area (Å²) in [6.07, 6.45) is 0. The molecule has 1 amide bonds. The van der Waals surface area contributed by atoms with Crippen molar-refractivity contribution in [1.82, 2.24) is 14.5 Å². The lowest BCUT2D eigenvalue weighted by Crippen LogP contribution is -2.37. The fourth-order valence-electron chi connectivity index (χ4n) is 2.37. The van der Waals surface area contributed by atoms with Gasteiger partial charge in [0.05, 0.1) is 17.3 Å². The first-order chi connectivity index (χ1) is 11.2. The highest BCUT2D eigenvalue weighted by molar-refractivity contribution is 7.99. The van der Waals surface area contributed by atoms with Crippen molar-refractivity contribution in [2.24, 2.45) is 5.92 Å². The average molecular weight is 364 g/mol. The molecule has 6 nitrogen and oxygen atoms in total. The van der Waals surface area contributed by atoms with Gasteiger partial charge in [0.2, 0.25) is 5.91 Å². The number of rotatable bonds is 2. The summed E-state index contributed by atoms with van der Waals surface area (Å²) in [6, 6.07) is 1.58. The second-order valence-corrected chi connectivity index (χ2v) is 8.76. The predicted molar refractivity (Wildman–Crippen MR) is 96.9 cm³/mol. The largest absolute Gasteiger partial charge is 0.302 e. The van der Waals surface area contributed by atoms with Gasteiger partial charge < -0.3 is 5.32 Å². The number of aromatic nitrogens is 3. The van der Waals surface area contributed by atoms with E-state index in [1.54, 1.807) is 10.6 Å². The van der Waals surface area contributed by atoms with Crippen molar-refractivity contribution in [3.8, 4) is 0 Å². The van der Waals surface area contributed by atoms with Gasteiger partial charge in [0.25, 0.3) is 5.56 Å². The minimum atomic E-state index is -0.272. The highest BCUT2D eigenvalue weighted by atomic mass is 32.2. The van der Waals surface area contributed by atoms with Crippen LogP contribution >= 0.6 is 23.1 Å². The van der Waals surface area contributed by atoms with Gasteiger partial charge in [-0.15, -0.1) is 11.3 Å². The van der Waals surface area contributed by atoms with Gasteiger partial charge >= 0.3 is 0 Å². The third-order valence-corrected chi connectivity index (χ3v) is 5.79. The maximum Gasteiger partial charge on any atom is 0.254 e. The molecule has 1 unspecified atom stereocenters. The van der Waals surface area contributed by atoms with E-state index >= 15 is 0 Å². The van der Waals surface area contributed by atoms with E-state index in [0.717, 1.165) is 11.4 Å². The number of thiazole rings is 1. The third kappa shape index (κ3) is 3.54. The number of nitrogens with one attached hydrogen (secondary N) is 1. The normalized spacial score (nSPS) is 17.4. The van der Waals surface area contributed by atoms with Crippen LogP contribution < -0.4 is 10.9 Å². The van der Waals surface area contributed by atoms with Crippen LogP contribution in [0.4, 0.5) is 5.13 Å². The first-order valence-corrected chi connectivity index (χ1v) is 9.59. The number of fused-ring (bicyclic) bond motifs is 1. The molecule has 0 saturated heterocycles. The van der Waals surface area contributed by atoms with Crippen LogP contribution in [0.1, 0.15) is 32.2 Å².